The first-order valence-corrected chi connectivity index (χ1v) is 7.60. The zero-order valence-electron chi connectivity index (χ0n) is 11.1. The largest absolute Gasteiger partial charge is 0.481 e. The van der Waals surface area contributed by atoms with E-state index in [0.29, 0.717) is 32.2 Å². The van der Waals surface area contributed by atoms with Gasteiger partial charge in [-0.2, -0.15) is 0 Å². The number of carboxylic acid groups (broad SMARTS) is 1. The number of rotatable bonds is 5. The molecule has 106 valence electrons. The molecule has 1 saturated carbocycles. The van der Waals surface area contributed by atoms with Crippen molar-refractivity contribution < 1.29 is 15.0 Å². The summed E-state index contributed by atoms with van der Waals surface area (Å²) < 4.78 is 0. The summed E-state index contributed by atoms with van der Waals surface area (Å²) >= 11 is 1.70. The van der Waals surface area contributed by atoms with Crippen LogP contribution in [0.25, 0.3) is 0 Å². The van der Waals surface area contributed by atoms with Gasteiger partial charge in [-0.1, -0.05) is 6.07 Å². The fourth-order valence-electron chi connectivity index (χ4n) is 2.56. The second kappa shape index (κ2) is 6.03. The van der Waals surface area contributed by atoms with Gasteiger partial charge < -0.3 is 15.5 Å². The Bertz CT molecular complexity index is 410. The third-order valence-corrected chi connectivity index (χ3v) is 5.03. The smallest absolute Gasteiger partial charge is 0.306 e. The molecule has 0 spiro atoms. The minimum atomic E-state index is -0.753. The fourth-order valence-corrected chi connectivity index (χ4v) is 3.32. The van der Waals surface area contributed by atoms with Gasteiger partial charge in [0.15, 0.2) is 0 Å². The number of nitrogens with one attached hydrogen (secondary N) is 1. The van der Waals surface area contributed by atoms with E-state index in [9.17, 15) is 9.90 Å². The van der Waals surface area contributed by atoms with Crippen LogP contribution in [-0.4, -0.2) is 28.3 Å². The van der Waals surface area contributed by atoms with Crippen molar-refractivity contribution in [3.63, 3.8) is 0 Å². The van der Waals surface area contributed by atoms with Crippen LogP contribution in [0, 0.1) is 5.92 Å². The quantitative estimate of drug-likeness (QED) is 0.776. The van der Waals surface area contributed by atoms with Gasteiger partial charge in [-0.15, -0.1) is 11.3 Å². The Kier molecular flexibility index (Phi) is 4.60. The molecule has 1 heterocycles. The highest BCUT2D eigenvalue weighted by Crippen LogP contribution is 2.32. The second-order valence-electron chi connectivity index (χ2n) is 5.45. The standard InChI is InChI=1S/C14H21NO3S/c1-10(12-3-2-8-19-12)15-9-14(18)6-4-11(5-7-14)13(16)17/h2-3,8,10-11,15,18H,4-7,9H2,1H3,(H,16,17)/t10-,11?,14?/m0/s1. The van der Waals surface area contributed by atoms with Gasteiger partial charge in [-0.05, 0) is 44.1 Å². The average Bonchev–Trinajstić information content (AvgIpc) is 2.90. The monoisotopic (exact) mass is 283 g/mol. The van der Waals surface area contributed by atoms with Crippen LogP contribution in [0.4, 0.5) is 0 Å². The third kappa shape index (κ3) is 3.78. The summed E-state index contributed by atoms with van der Waals surface area (Å²) in [5, 5.41) is 24.8. The third-order valence-electron chi connectivity index (χ3n) is 3.97. The topological polar surface area (TPSA) is 69.6 Å². The van der Waals surface area contributed by atoms with Gasteiger partial charge in [0.25, 0.3) is 0 Å². The summed E-state index contributed by atoms with van der Waals surface area (Å²) in [4.78, 5) is 12.1. The minimum absolute atomic E-state index is 0.223. The number of carboxylic acids is 1. The lowest BCUT2D eigenvalue weighted by Gasteiger charge is -2.35. The molecule has 0 radical (unpaired) electrons. The maximum absolute atomic E-state index is 10.9. The van der Waals surface area contributed by atoms with Crippen molar-refractivity contribution in [1.82, 2.24) is 5.32 Å². The lowest BCUT2D eigenvalue weighted by Crippen LogP contribution is -2.45. The van der Waals surface area contributed by atoms with E-state index in [-0.39, 0.29) is 12.0 Å². The number of aliphatic hydroxyl groups is 1. The van der Waals surface area contributed by atoms with Gasteiger partial charge in [0.2, 0.25) is 0 Å². The van der Waals surface area contributed by atoms with E-state index in [1.54, 1.807) is 11.3 Å². The van der Waals surface area contributed by atoms with E-state index in [4.69, 9.17) is 5.11 Å². The molecule has 1 aromatic heterocycles. The zero-order chi connectivity index (χ0) is 13.9. The van der Waals surface area contributed by atoms with Crippen LogP contribution in [0.15, 0.2) is 17.5 Å². The molecule has 1 aromatic rings. The van der Waals surface area contributed by atoms with E-state index in [1.807, 2.05) is 11.4 Å². The normalized spacial score (nSPS) is 29.1. The van der Waals surface area contributed by atoms with Crippen LogP contribution in [-0.2, 0) is 4.79 Å². The summed E-state index contributed by atoms with van der Waals surface area (Å²) in [6, 6.07) is 4.32. The number of hydrogen-bond acceptors (Lipinski definition) is 4. The van der Waals surface area contributed by atoms with Crippen molar-refractivity contribution >= 4 is 17.3 Å². The molecule has 2 rings (SSSR count). The molecule has 4 nitrogen and oxygen atoms in total. The van der Waals surface area contributed by atoms with E-state index >= 15 is 0 Å². The van der Waals surface area contributed by atoms with E-state index in [1.165, 1.54) is 4.88 Å². The summed E-state index contributed by atoms with van der Waals surface area (Å²) in [6.45, 7) is 2.61. The Balaban J connectivity index is 1.81. The molecule has 0 amide bonds. The Morgan fingerprint density at radius 2 is 2.26 bits per heavy atom. The number of carbonyl (C=O) groups is 1. The molecule has 0 aromatic carbocycles. The second-order valence-corrected chi connectivity index (χ2v) is 6.43. The highest BCUT2D eigenvalue weighted by atomic mass is 32.1. The van der Waals surface area contributed by atoms with Crippen molar-refractivity contribution in [3.05, 3.63) is 22.4 Å². The summed E-state index contributed by atoms with van der Waals surface area (Å²) in [7, 11) is 0. The highest BCUT2D eigenvalue weighted by molar-refractivity contribution is 7.10. The van der Waals surface area contributed by atoms with Crippen molar-refractivity contribution in [3.8, 4) is 0 Å². The molecule has 1 atom stereocenters. The van der Waals surface area contributed by atoms with Gasteiger partial charge in [-0.3, -0.25) is 4.79 Å². The highest BCUT2D eigenvalue weighted by Gasteiger charge is 2.35. The minimum Gasteiger partial charge on any atom is -0.481 e. The number of hydrogen-bond donors (Lipinski definition) is 3. The summed E-state index contributed by atoms with van der Waals surface area (Å²) in [6.07, 6.45) is 2.27. The molecule has 0 saturated heterocycles. The van der Waals surface area contributed by atoms with Gasteiger partial charge in [0.1, 0.15) is 0 Å². The molecular weight excluding hydrogens is 262 g/mol. The van der Waals surface area contributed by atoms with Crippen molar-refractivity contribution in [2.24, 2.45) is 5.92 Å². The first kappa shape index (κ1) is 14.5. The summed E-state index contributed by atoms with van der Waals surface area (Å²) in [5.74, 6) is -1.02. The maximum Gasteiger partial charge on any atom is 0.306 e. The zero-order valence-corrected chi connectivity index (χ0v) is 11.9. The van der Waals surface area contributed by atoms with Crippen LogP contribution in [0.2, 0.25) is 0 Å². The average molecular weight is 283 g/mol. The molecule has 5 heteroatoms. The van der Waals surface area contributed by atoms with Crippen LogP contribution in [0.3, 0.4) is 0 Å². The number of aliphatic carboxylic acids is 1. The molecule has 19 heavy (non-hydrogen) atoms. The van der Waals surface area contributed by atoms with Gasteiger partial charge in [-0.25, -0.2) is 0 Å². The van der Waals surface area contributed by atoms with Crippen LogP contribution in [0.1, 0.15) is 43.5 Å². The van der Waals surface area contributed by atoms with E-state index in [2.05, 4.69) is 18.3 Å². The Hall–Kier alpha value is -0.910. The maximum atomic E-state index is 10.9. The fraction of sp³-hybridized carbons (Fsp3) is 0.643. The van der Waals surface area contributed by atoms with Gasteiger partial charge >= 0.3 is 5.97 Å². The molecular formula is C14H21NO3S. The van der Waals surface area contributed by atoms with Crippen molar-refractivity contribution in [2.45, 2.75) is 44.2 Å². The first-order valence-electron chi connectivity index (χ1n) is 6.72. The van der Waals surface area contributed by atoms with E-state index in [0.717, 1.165) is 0 Å². The Labute approximate surface area is 117 Å². The molecule has 3 N–H and O–H groups in total. The van der Waals surface area contributed by atoms with Gasteiger partial charge in [0, 0.05) is 17.5 Å². The molecule has 1 aliphatic rings. The van der Waals surface area contributed by atoms with Crippen LogP contribution in [0.5, 0.6) is 0 Å². The lowest BCUT2D eigenvalue weighted by atomic mass is 9.78. The van der Waals surface area contributed by atoms with E-state index < -0.39 is 11.6 Å². The van der Waals surface area contributed by atoms with Crippen LogP contribution < -0.4 is 5.32 Å². The van der Waals surface area contributed by atoms with Gasteiger partial charge in [0.05, 0.1) is 11.5 Å². The van der Waals surface area contributed by atoms with Crippen molar-refractivity contribution in [1.29, 1.82) is 0 Å². The predicted octanol–water partition coefficient (Wildman–Crippen LogP) is 2.40. The Morgan fingerprint density at radius 3 is 2.79 bits per heavy atom. The molecule has 0 bridgehead atoms. The SMILES string of the molecule is C[C@H](NCC1(O)CCC(C(=O)O)CC1)c1cccs1. The summed E-state index contributed by atoms with van der Waals surface area (Å²) in [5.41, 5.74) is -0.753. The Morgan fingerprint density at radius 1 is 1.58 bits per heavy atom. The molecule has 0 unspecified atom stereocenters. The molecule has 0 aliphatic heterocycles. The molecule has 1 fully saturated rings. The van der Waals surface area contributed by atoms with Crippen LogP contribution >= 0.6 is 11.3 Å². The predicted molar refractivity (Wildman–Crippen MR) is 75.3 cm³/mol. The lowest BCUT2D eigenvalue weighted by molar-refractivity contribution is -0.144. The molecule has 1 aliphatic carbocycles. The van der Waals surface area contributed by atoms with Crippen molar-refractivity contribution in [2.75, 3.05) is 6.54 Å². The number of thiophene rings is 1. The first-order chi connectivity index (χ1) is 9.00.